The second-order valence-corrected chi connectivity index (χ2v) is 6.91. The fourth-order valence-electron chi connectivity index (χ4n) is 3.79. The van der Waals surface area contributed by atoms with Crippen LogP contribution in [0, 0.1) is 0 Å². The number of hydrogen-bond donors (Lipinski definition) is 1. The molecule has 3 rings (SSSR count). The third kappa shape index (κ3) is 4.93. The monoisotopic (exact) mass is 336 g/mol. The molecule has 1 heterocycles. The van der Waals surface area contributed by atoms with E-state index in [1.54, 1.807) is 6.92 Å². The quantitative estimate of drug-likeness (QED) is 0.856. The minimum atomic E-state index is 0.0665. The van der Waals surface area contributed by atoms with Crippen molar-refractivity contribution in [1.82, 2.24) is 10.2 Å². The molecule has 1 saturated heterocycles. The fourth-order valence-corrected chi connectivity index (χ4v) is 3.79. The Bertz CT molecular complexity index is 683. The minimum absolute atomic E-state index is 0.0665. The minimum Gasteiger partial charge on any atom is -0.356 e. The van der Waals surface area contributed by atoms with Crippen molar-refractivity contribution in [3.8, 4) is 11.1 Å². The Kier molecular flexibility index (Phi) is 6.24. The Labute approximate surface area is 151 Å². The van der Waals surface area contributed by atoms with Crippen LogP contribution in [0.3, 0.4) is 0 Å². The van der Waals surface area contributed by atoms with Gasteiger partial charge in [0.2, 0.25) is 5.91 Å². The second-order valence-electron chi connectivity index (χ2n) is 6.91. The topological polar surface area (TPSA) is 32.3 Å². The Balaban J connectivity index is 1.73. The van der Waals surface area contributed by atoms with Crippen LogP contribution < -0.4 is 5.32 Å². The molecule has 2 aromatic rings. The molecule has 0 saturated carbocycles. The first kappa shape index (κ1) is 17.7. The number of carbonyl (C=O) groups excluding carboxylic acids is 1. The van der Waals surface area contributed by atoms with Gasteiger partial charge in [0.1, 0.15) is 0 Å². The highest BCUT2D eigenvalue weighted by Gasteiger charge is 2.23. The third-order valence-corrected chi connectivity index (χ3v) is 5.08. The van der Waals surface area contributed by atoms with E-state index in [0.29, 0.717) is 6.04 Å². The van der Waals surface area contributed by atoms with Crippen LogP contribution in [0.15, 0.2) is 54.6 Å². The van der Waals surface area contributed by atoms with Crippen LogP contribution in [0.2, 0.25) is 0 Å². The summed E-state index contributed by atoms with van der Waals surface area (Å²) in [5.41, 5.74) is 4.00. The number of nitrogens with zero attached hydrogens (tertiary/aromatic N) is 1. The zero-order chi connectivity index (χ0) is 17.5. The molecule has 0 radical (unpaired) electrons. The Morgan fingerprint density at radius 1 is 1.08 bits per heavy atom. The molecule has 1 aliphatic rings. The lowest BCUT2D eigenvalue weighted by Gasteiger charge is -2.36. The molecule has 1 amide bonds. The van der Waals surface area contributed by atoms with Crippen molar-refractivity contribution in [2.45, 2.75) is 45.2 Å². The van der Waals surface area contributed by atoms with Crippen LogP contribution in [-0.2, 0) is 11.3 Å². The molecule has 1 atom stereocenters. The number of piperidine rings is 1. The number of likely N-dealkylation sites (tertiary alicyclic amines) is 1. The number of carbonyl (C=O) groups is 1. The summed E-state index contributed by atoms with van der Waals surface area (Å²) in [4.78, 5) is 13.7. The number of benzene rings is 2. The Hall–Kier alpha value is -2.13. The SMILES string of the molecule is CC(=O)NCC[C@@H]1CCCCN1Cc1ccccc1-c1ccccc1. The molecule has 1 N–H and O–H groups in total. The highest BCUT2D eigenvalue weighted by atomic mass is 16.1. The first-order chi connectivity index (χ1) is 12.2. The molecule has 0 bridgehead atoms. The molecule has 0 spiro atoms. The van der Waals surface area contributed by atoms with Crippen molar-refractivity contribution in [2.75, 3.05) is 13.1 Å². The molecule has 0 aliphatic carbocycles. The van der Waals surface area contributed by atoms with Crippen molar-refractivity contribution >= 4 is 5.91 Å². The standard InChI is InChI=1S/C22H28N2O/c1-18(25)23-15-14-21-12-7-8-16-24(21)17-20-11-5-6-13-22(20)19-9-3-2-4-10-19/h2-6,9-11,13,21H,7-8,12,14-17H2,1H3,(H,23,25)/t21-/m0/s1. The molecule has 2 aromatic carbocycles. The van der Waals surface area contributed by atoms with Crippen molar-refractivity contribution in [1.29, 1.82) is 0 Å². The van der Waals surface area contributed by atoms with E-state index in [9.17, 15) is 4.79 Å². The summed E-state index contributed by atoms with van der Waals surface area (Å²) in [6.45, 7) is 4.50. The lowest BCUT2D eigenvalue weighted by atomic mass is 9.95. The largest absolute Gasteiger partial charge is 0.356 e. The van der Waals surface area contributed by atoms with Gasteiger partial charge >= 0.3 is 0 Å². The normalized spacial score (nSPS) is 18.0. The van der Waals surface area contributed by atoms with Crippen LogP contribution >= 0.6 is 0 Å². The van der Waals surface area contributed by atoms with Gasteiger partial charge in [-0.15, -0.1) is 0 Å². The van der Waals surface area contributed by atoms with E-state index in [1.807, 2.05) is 0 Å². The molecule has 3 nitrogen and oxygen atoms in total. The number of amides is 1. The van der Waals surface area contributed by atoms with Crippen LogP contribution in [0.4, 0.5) is 0 Å². The van der Waals surface area contributed by atoms with Gasteiger partial charge < -0.3 is 5.32 Å². The molecule has 3 heteroatoms. The van der Waals surface area contributed by atoms with Crippen LogP contribution in [0.5, 0.6) is 0 Å². The van der Waals surface area contributed by atoms with Gasteiger partial charge in [-0.2, -0.15) is 0 Å². The average molecular weight is 336 g/mol. The maximum Gasteiger partial charge on any atom is 0.216 e. The molecular formula is C22H28N2O. The molecule has 132 valence electrons. The van der Waals surface area contributed by atoms with Crippen molar-refractivity contribution in [2.24, 2.45) is 0 Å². The van der Waals surface area contributed by atoms with Crippen LogP contribution in [0.25, 0.3) is 11.1 Å². The van der Waals surface area contributed by atoms with Gasteiger partial charge in [0.05, 0.1) is 0 Å². The molecule has 25 heavy (non-hydrogen) atoms. The molecular weight excluding hydrogens is 308 g/mol. The summed E-state index contributed by atoms with van der Waals surface area (Å²) in [7, 11) is 0. The summed E-state index contributed by atoms with van der Waals surface area (Å²) >= 11 is 0. The van der Waals surface area contributed by atoms with Gasteiger partial charge in [-0.25, -0.2) is 0 Å². The summed E-state index contributed by atoms with van der Waals surface area (Å²) in [6, 6.07) is 19.9. The maximum absolute atomic E-state index is 11.1. The van der Waals surface area contributed by atoms with Gasteiger partial charge in [0.15, 0.2) is 0 Å². The summed E-state index contributed by atoms with van der Waals surface area (Å²) in [6.07, 6.45) is 4.83. The molecule has 0 aromatic heterocycles. The highest BCUT2D eigenvalue weighted by molar-refractivity contribution is 5.72. The zero-order valence-corrected chi connectivity index (χ0v) is 15.1. The average Bonchev–Trinajstić information content (AvgIpc) is 2.64. The van der Waals surface area contributed by atoms with E-state index in [4.69, 9.17) is 0 Å². The van der Waals surface area contributed by atoms with Crippen molar-refractivity contribution in [3.05, 3.63) is 60.2 Å². The van der Waals surface area contributed by atoms with Crippen molar-refractivity contribution < 1.29 is 4.79 Å². The predicted molar refractivity (Wildman–Crippen MR) is 103 cm³/mol. The van der Waals surface area contributed by atoms with Gasteiger partial charge in [-0.3, -0.25) is 9.69 Å². The smallest absolute Gasteiger partial charge is 0.216 e. The first-order valence-electron chi connectivity index (χ1n) is 9.36. The lowest BCUT2D eigenvalue weighted by molar-refractivity contribution is -0.119. The Morgan fingerprint density at radius 3 is 2.64 bits per heavy atom. The number of nitrogens with one attached hydrogen (secondary N) is 1. The fraction of sp³-hybridized carbons (Fsp3) is 0.409. The molecule has 1 fully saturated rings. The van der Waals surface area contributed by atoms with Gasteiger partial charge in [-0.1, -0.05) is 61.0 Å². The van der Waals surface area contributed by atoms with Gasteiger partial charge in [0.25, 0.3) is 0 Å². The lowest BCUT2D eigenvalue weighted by Crippen LogP contribution is -2.41. The van der Waals surface area contributed by atoms with Gasteiger partial charge in [-0.05, 0) is 42.5 Å². The molecule has 0 unspecified atom stereocenters. The number of rotatable bonds is 6. The van der Waals surface area contributed by atoms with E-state index >= 15 is 0 Å². The Morgan fingerprint density at radius 2 is 1.84 bits per heavy atom. The molecule has 1 aliphatic heterocycles. The third-order valence-electron chi connectivity index (χ3n) is 5.08. The zero-order valence-electron chi connectivity index (χ0n) is 15.1. The van der Waals surface area contributed by atoms with Crippen molar-refractivity contribution in [3.63, 3.8) is 0 Å². The van der Waals surface area contributed by atoms with E-state index < -0.39 is 0 Å². The van der Waals surface area contributed by atoms with Gasteiger partial charge in [0, 0.05) is 26.1 Å². The van der Waals surface area contributed by atoms with E-state index in [0.717, 1.165) is 26.1 Å². The summed E-state index contributed by atoms with van der Waals surface area (Å²) in [5.74, 6) is 0.0665. The van der Waals surface area contributed by atoms with Crippen LogP contribution in [-0.4, -0.2) is 29.9 Å². The maximum atomic E-state index is 11.1. The van der Waals surface area contributed by atoms with Crippen LogP contribution in [0.1, 0.15) is 38.2 Å². The second kappa shape index (κ2) is 8.82. The summed E-state index contributed by atoms with van der Waals surface area (Å²) in [5, 5.41) is 2.95. The summed E-state index contributed by atoms with van der Waals surface area (Å²) < 4.78 is 0. The predicted octanol–water partition coefficient (Wildman–Crippen LogP) is 4.23. The van der Waals surface area contributed by atoms with E-state index in [-0.39, 0.29) is 5.91 Å². The van der Waals surface area contributed by atoms with E-state index in [1.165, 1.54) is 36.0 Å². The first-order valence-corrected chi connectivity index (χ1v) is 9.36. The highest BCUT2D eigenvalue weighted by Crippen LogP contribution is 2.27. The van der Waals surface area contributed by atoms with E-state index in [2.05, 4.69) is 64.8 Å². The number of hydrogen-bond acceptors (Lipinski definition) is 2.